The zero-order valence-corrected chi connectivity index (χ0v) is 20.2. The van der Waals surface area contributed by atoms with Gasteiger partial charge in [-0.3, -0.25) is 14.7 Å². The third kappa shape index (κ3) is 5.01. The average Bonchev–Trinajstić information content (AvgIpc) is 3.14. The molecule has 1 aromatic heterocycles. The molecule has 2 heterocycles. The van der Waals surface area contributed by atoms with Gasteiger partial charge in [0, 0.05) is 18.1 Å². The van der Waals surface area contributed by atoms with Crippen LogP contribution in [0.15, 0.2) is 90.0 Å². The molecule has 4 aromatic rings. The fraction of sp³-hybridized carbons (Fsp3) is 0.0714. The van der Waals surface area contributed by atoms with E-state index in [-0.39, 0.29) is 11.5 Å². The first-order valence-corrected chi connectivity index (χ1v) is 12.2. The van der Waals surface area contributed by atoms with Gasteiger partial charge in [-0.05, 0) is 71.1 Å². The monoisotopic (exact) mass is 496 g/mol. The Labute approximate surface area is 212 Å². The first-order chi connectivity index (χ1) is 17.0. The molecule has 1 amide bonds. The molecule has 0 spiro atoms. The molecule has 0 bridgehead atoms. The number of nitrogens with zero attached hydrogens (tertiary/aromatic N) is 2. The topological polar surface area (TPSA) is 70.5 Å². The summed E-state index contributed by atoms with van der Waals surface area (Å²) in [4.78, 5) is 30.7. The van der Waals surface area contributed by atoms with Crippen molar-refractivity contribution in [2.45, 2.75) is 6.42 Å². The van der Waals surface area contributed by atoms with Crippen molar-refractivity contribution in [3.63, 3.8) is 0 Å². The molecule has 0 atom stereocenters. The molecule has 1 N–H and O–H groups in total. The number of thioether (sulfide) groups is 1. The number of fused-ring (bicyclic) bond motifs is 1. The van der Waals surface area contributed by atoms with Crippen LogP contribution in [-0.2, 0) is 11.2 Å². The Kier molecular flexibility index (Phi) is 6.44. The van der Waals surface area contributed by atoms with Crippen LogP contribution in [-0.4, -0.2) is 37.7 Å². The molecule has 5 nitrogen and oxygen atoms in total. The van der Waals surface area contributed by atoms with Gasteiger partial charge < -0.3 is 5.11 Å². The minimum atomic E-state index is -0.958. The van der Waals surface area contributed by atoms with Crippen molar-refractivity contribution in [2.75, 3.05) is 6.54 Å². The largest absolute Gasteiger partial charge is 0.478 e. The summed E-state index contributed by atoms with van der Waals surface area (Å²) in [6, 6.07) is 24.9. The average molecular weight is 497 g/mol. The Bertz CT molecular complexity index is 1500. The molecule has 1 aliphatic rings. The maximum Gasteiger partial charge on any atom is 0.335 e. The predicted molar refractivity (Wildman–Crippen MR) is 144 cm³/mol. The maximum absolute atomic E-state index is 13.1. The van der Waals surface area contributed by atoms with Crippen molar-refractivity contribution in [2.24, 2.45) is 0 Å². The minimum Gasteiger partial charge on any atom is -0.478 e. The highest BCUT2D eigenvalue weighted by Gasteiger charge is 2.31. The lowest BCUT2D eigenvalue weighted by molar-refractivity contribution is -0.122. The van der Waals surface area contributed by atoms with Gasteiger partial charge in [-0.25, -0.2) is 4.79 Å². The zero-order valence-electron chi connectivity index (χ0n) is 18.5. The second kappa shape index (κ2) is 9.82. The van der Waals surface area contributed by atoms with Crippen molar-refractivity contribution < 1.29 is 14.7 Å². The highest BCUT2D eigenvalue weighted by atomic mass is 32.2. The van der Waals surface area contributed by atoms with Gasteiger partial charge in [0.2, 0.25) is 0 Å². The fourth-order valence-electron chi connectivity index (χ4n) is 3.96. The van der Waals surface area contributed by atoms with Gasteiger partial charge in [-0.2, -0.15) is 0 Å². The van der Waals surface area contributed by atoms with Gasteiger partial charge >= 0.3 is 5.97 Å². The van der Waals surface area contributed by atoms with Gasteiger partial charge in [0.15, 0.2) is 0 Å². The van der Waals surface area contributed by atoms with Crippen molar-refractivity contribution in [1.29, 1.82) is 0 Å². The Morgan fingerprint density at radius 2 is 1.80 bits per heavy atom. The number of carboxylic acid groups (broad SMARTS) is 1. The summed E-state index contributed by atoms with van der Waals surface area (Å²) in [7, 11) is 0. The van der Waals surface area contributed by atoms with E-state index in [1.807, 2.05) is 36.4 Å². The standard InChI is InChI=1S/C28H20N2O3S2/c31-26-25(35-28(34)30(26)14-12-18-6-8-20(9-7-18)27(32)33)16-19-3-1-4-21(15-19)22-10-11-24-23(17-22)5-2-13-29-24/h1-11,13,15-17H,12,14H2,(H,32,33)/b25-16-. The smallest absolute Gasteiger partial charge is 0.335 e. The minimum absolute atomic E-state index is 0.107. The van der Waals surface area contributed by atoms with Crippen molar-refractivity contribution in [1.82, 2.24) is 9.88 Å². The van der Waals surface area contributed by atoms with Crippen LogP contribution >= 0.6 is 24.0 Å². The summed E-state index contributed by atoms with van der Waals surface area (Å²) in [6.07, 6.45) is 4.26. The molecule has 0 radical (unpaired) electrons. The summed E-state index contributed by atoms with van der Waals surface area (Å²) in [5, 5.41) is 10.1. The molecule has 1 saturated heterocycles. The van der Waals surface area contributed by atoms with Crippen LogP contribution < -0.4 is 0 Å². The Balaban J connectivity index is 1.32. The van der Waals surface area contributed by atoms with Gasteiger partial charge in [0.05, 0.1) is 16.0 Å². The van der Waals surface area contributed by atoms with E-state index in [2.05, 4.69) is 29.2 Å². The molecule has 7 heteroatoms. The summed E-state index contributed by atoms with van der Waals surface area (Å²) in [5.41, 5.74) is 5.22. The van der Waals surface area contributed by atoms with Gasteiger partial charge in [-0.1, -0.05) is 66.4 Å². The molecule has 1 aliphatic heterocycles. The first kappa shape index (κ1) is 23.0. The SMILES string of the molecule is O=C(O)c1ccc(CCN2C(=O)/C(=C/c3cccc(-c4ccc5ncccc5c4)c3)SC2=S)cc1. The van der Waals surface area contributed by atoms with Crippen molar-refractivity contribution in [3.8, 4) is 11.1 Å². The normalized spacial score (nSPS) is 14.7. The summed E-state index contributed by atoms with van der Waals surface area (Å²) in [6.45, 7) is 0.444. The quantitative estimate of drug-likeness (QED) is 0.259. The van der Waals surface area contributed by atoms with Gasteiger partial charge in [-0.15, -0.1) is 0 Å². The van der Waals surface area contributed by atoms with E-state index < -0.39 is 5.97 Å². The van der Waals surface area contributed by atoms with Crippen molar-refractivity contribution in [3.05, 3.63) is 107 Å². The molecule has 5 rings (SSSR count). The number of aromatic carboxylic acids is 1. The number of carbonyl (C=O) groups is 2. The molecule has 1 fully saturated rings. The summed E-state index contributed by atoms with van der Waals surface area (Å²) >= 11 is 6.78. The van der Waals surface area contributed by atoms with E-state index in [4.69, 9.17) is 17.3 Å². The number of amides is 1. The van der Waals surface area contributed by atoms with Crippen LogP contribution in [0, 0.1) is 0 Å². The van der Waals surface area contributed by atoms with E-state index in [0.29, 0.717) is 22.2 Å². The highest BCUT2D eigenvalue weighted by molar-refractivity contribution is 8.26. The summed E-state index contributed by atoms with van der Waals surface area (Å²) < 4.78 is 0.529. The second-order valence-electron chi connectivity index (χ2n) is 8.12. The fourth-order valence-corrected chi connectivity index (χ4v) is 5.27. The molecule has 0 aliphatic carbocycles. The Morgan fingerprint density at radius 3 is 2.60 bits per heavy atom. The molecular weight excluding hydrogens is 476 g/mol. The maximum atomic E-state index is 13.1. The number of pyridine rings is 1. The Hall–Kier alpha value is -3.81. The molecule has 3 aromatic carbocycles. The van der Waals surface area contributed by atoms with Crippen LogP contribution in [0.2, 0.25) is 0 Å². The van der Waals surface area contributed by atoms with E-state index in [0.717, 1.165) is 33.2 Å². The molecule has 0 unspecified atom stereocenters. The lowest BCUT2D eigenvalue weighted by atomic mass is 10.0. The number of carboxylic acids is 1. The van der Waals surface area contributed by atoms with Crippen LogP contribution in [0.3, 0.4) is 0 Å². The van der Waals surface area contributed by atoms with E-state index in [9.17, 15) is 9.59 Å². The third-order valence-electron chi connectivity index (χ3n) is 5.82. The highest BCUT2D eigenvalue weighted by Crippen LogP contribution is 2.33. The number of benzene rings is 3. The van der Waals surface area contributed by atoms with Crippen LogP contribution in [0.4, 0.5) is 0 Å². The van der Waals surface area contributed by atoms with E-state index >= 15 is 0 Å². The first-order valence-electron chi connectivity index (χ1n) is 11.0. The number of aromatic nitrogens is 1. The number of carbonyl (C=O) groups excluding carboxylic acids is 1. The molecular formula is C28H20N2O3S2. The lowest BCUT2D eigenvalue weighted by Gasteiger charge is -2.14. The predicted octanol–water partition coefficient (Wildman–Crippen LogP) is 6.04. The Morgan fingerprint density at radius 1 is 1.00 bits per heavy atom. The van der Waals surface area contributed by atoms with E-state index in [1.54, 1.807) is 35.4 Å². The molecule has 0 saturated carbocycles. The summed E-state index contributed by atoms with van der Waals surface area (Å²) in [5.74, 6) is -1.07. The number of hydrogen-bond acceptors (Lipinski definition) is 5. The van der Waals surface area contributed by atoms with Crippen LogP contribution in [0.1, 0.15) is 21.5 Å². The van der Waals surface area contributed by atoms with Crippen molar-refractivity contribution >= 4 is 57.2 Å². The second-order valence-corrected chi connectivity index (χ2v) is 9.80. The van der Waals surface area contributed by atoms with Gasteiger partial charge in [0.1, 0.15) is 4.32 Å². The van der Waals surface area contributed by atoms with Gasteiger partial charge in [0.25, 0.3) is 5.91 Å². The number of rotatable bonds is 6. The molecule has 35 heavy (non-hydrogen) atoms. The number of hydrogen-bond donors (Lipinski definition) is 1. The van der Waals surface area contributed by atoms with Crippen LogP contribution in [0.5, 0.6) is 0 Å². The zero-order chi connectivity index (χ0) is 24.4. The molecule has 172 valence electrons. The van der Waals surface area contributed by atoms with Crippen LogP contribution in [0.25, 0.3) is 28.1 Å². The third-order valence-corrected chi connectivity index (χ3v) is 7.20. The number of thiocarbonyl (C=S) groups is 1. The van der Waals surface area contributed by atoms with E-state index in [1.165, 1.54) is 11.8 Å². The lowest BCUT2D eigenvalue weighted by Crippen LogP contribution is -2.30.